The molecule has 0 aliphatic carbocycles. The Kier molecular flexibility index (Phi) is 5.86. The summed E-state index contributed by atoms with van der Waals surface area (Å²) >= 11 is 0. The number of pyridine rings is 1. The first-order valence-corrected chi connectivity index (χ1v) is 12.2. The van der Waals surface area contributed by atoms with E-state index >= 15 is 0 Å². The summed E-state index contributed by atoms with van der Waals surface area (Å²) in [6, 6.07) is 19.6. The fourth-order valence-electron chi connectivity index (χ4n) is 4.57. The third-order valence-electron chi connectivity index (χ3n) is 6.36. The van der Waals surface area contributed by atoms with E-state index in [-0.39, 0.29) is 16.9 Å². The molecule has 2 aromatic carbocycles. The Bertz CT molecular complexity index is 1960. The summed E-state index contributed by atoms with van der Waals surface area (Å²) in [4.78, 5) is 31.7. The van der Waals surface area contributed by atoms with Gasteiger partial charge in [0, 0.05) is 35.5 Å². The van der Waals surface area contributed by atoms with Crippen LogP contribution in [0.3, 0.4) is 0 Å². The van der Waals surface area contributed by atoms with Crippen molar-refractivity contribution >= 4 is 28.1 Å². The molecule has 39 heavy (non-hydrogen) atoms. The Morgan fingerprint density at radius 2 is 1.90 bits per heavy atom. The van der Waals surface area contributed by atoms with Crippen molar-refractivity contribution in [2.24, 2.45) is 0 Å². The number of carbonyl (C=O) groups is 1. The fourth-order valence-corrected chi connectivity index (χ4v) is 4.57. The third kappa shape index (κ3) is 4.28. The van der Waals surface area contributed by atoms with Crippen LogP contribution in [0.2, 0.25) is 0 Å². The lowest BCUT2D eigenvalue weighted by molar-refractivity contribution is 0.0941. The minimum absolute atomic E-state index is 0.0674. The van der Waals surface area contributed by atoms with Crippen LogP contribution in [0.25, 0.3) is 22.1 Å². The van der Waals surface area contributed by atoms with Gasteiger partial charge in [-0.15, -0.1) is 5.10 Å². The van der Waals surface area contributed by atoms with Gasteiger partial charge in [0.1, 0.15) is 11.3 Å². The Hall–Kier alpha value is -5.69. The SMILES string of the molecule is C[C@H](NC(=O)c1c(N)nn2cccnc12)c1cc2cccc(C#Cc3ccn[nH]3)c2c(=O)n1-c1ccccc1. The van der Waals surface area contributed by atoms with E-state index in [1.165, 1.54) is 4.52 Å². The van der Waals surface area contributed by atoms with Crippen molar-refractivity contribution in [1.82, 2.24) is 34.7 Å². The Morgan fingerprint density at radius 3 is 2.69 bits per heavy atom. The van der Waals surface area contributed by atoms with Crippen LogP contribution in [0.15, 0.2) is 90.1 Å². The molecule has 1 atom stereocenters. The van der Waals surface area contributed by atoms with E-state index in [1.54, 1.807) is 35.3 Å². The van der Waals surface area contributed by atoms with Crippen molar-refractivity contribution in [2.75, 3.05) is 5.73 Å². The highest BCUT2D eigenvalue weighted by Gasteiger charge is 2.23. The molecule has 0 fully saturated rings. The van der Waals surface area contributed by atoms with E-state index in [9.17, 15) is 9.59 Å². The molecule has 0 bridgehead atoms. The fraction of sp³-hybridized carbons (Fsp3) is 0.0690. The molecule has 0 saturated heterocycles. The first kappa shape index (κ1) is 23.7. The van der Waals surface area contributed by atoms with Crippen LogP contribution < -0.4 is 16.6 Å². The number of nitrogens with one attached hydrogen (secondary N) is 2. The van der Waals surface area contributed by atoms with Gasteiger partial charge in [0.2, 0.25) is 0 Å². The van der Waals surface area contributed by atoms with Crippen molar-refractivity contribution in [2.45, 2.75) is 13.0 Å². The Balaban J connectivity index is 1.48. The number of fused-ring (bicyclic) bond motifs is 2. The highest BCUT2D eigenvalue weighted by molar-refractivity contribution is 6.04. The van der Waals surface area contributed by atoms with Crippen molar-refractivity contribution in [3.8, 4) is 17.5 Å². The summed E-state index contributed by atoms with van der Waals surface area (Å²) < 4.78 is 3.06. The normalized spacial score (nSPS) is 11.7. The number of aromatic nitrogens is 6. The van der Waals surface area contributed by atoms with Gasteiger partial charge in [0.15, 0.2) is 11.5 Å². The number of nitrogens with two attached hydrogens (primary N) is 1. The molecule has 0 saturated carbocycles. The topological polar surface area (TPSA) is 136 Å². The van der Waals surface area contributed by atoms with Crippen LogP contribution in [-0.2, 0) is 0 Å². The van der Waals surface area contributed by atoms with Gasteiger partial charge in [-0.25, -0.2) is 9.50 Å². The molecule has 10 heteroatoms. The number of para-hydroxylation sites is 1. The Morgan fingerprint density at radius 1 is 1.05 bits per heavy atom. The second-order valence-corrected chi connectivity index (χ2v) is 8.88. The molecule has 4 aromatic heterocycles. The number of nitrogens with zero attached hydrogens (tertiary/aromatic N) is 5. The predicted molar refractivity (Wildman–Crippen MR) is 147 cm³/mol. The maximum Gasteiger partial charge on any atom is 0.264 e. The van der Waals surface area contributed by atoms with Crippen LogP contribution in [-0.4, -0.2) is 35.3 Å². The molecule has 0 radical (unpaired) electrons. The smallest absolute Gasteiger partial charge is 0.264 e. The molecule has 1 amide bonds. The summed E-state index contributed by atoms with van der Waals surface area (Å²) in [5, 5.41) is 15.1. The van der Waals surface area contributed by atoms with Gasteiger partial charge < -0.3 is 11.1 Å². The van der Waals surface area contributed by atoms with E-state index in [2.05, 4.69) is 37.4 Å². The van der Waals surface area contributed by atoms with Crippen LogP contribution in [0, 0.1) is 11.8 Å². The molecule has 4 N–H and O–H groups in total. The van der Waals surface area contributed by atoms with E-state index in [0.29, 0.717) is 39.1 Å². The number of anilines is 1. The van der Waals surface area contributed by atoms with Crippen LogP contribution in [0.5, 0.6) is 0 Å². The lowest BCUT2D eigenvalue weighted by atomic mass is 10.0. The van der Waals surface area contributed by atoms with E-state index < -0.39 is 11.9 Å². The number of H-pyrrole nitrogens is 1. The number of amides is 1. The maximum atomic E-state index is 14.1. The quantitative estimate of drug-likeness (QED) is 0.309. The molecule has 6 rings (SSSR count). The summed E-state index contributed by atoms with van der Waals surface area (Å²) in [5.41, 5.74) is 8.82. The van der Waals surface area contributed by atoms with Gasteiger partial charge in [-0.2, -0.15) is 5.10 Å². The van der Waals surface area contributed by atoms with Gasteiger partial charge in [0.05, 0.1) is 11.4 Å². The summed E-state index contributed by atoms with van der Waals surface area (Å²) in [7, 11) is 0. The van der Waals surface area contributed by atoms with Gasteiger partial charge in [0.25, 0.3) is 11.5 Å². The van der Waals surface area contributed by atoms with E-state index in [1.807, 2.05) is 61.5 Å². The second kappa shape index (κ2) is 9.64. The molecule has 0 aliphatic heterocycles. The first-order chi connectivity index (χ1) is 19.0. The zero-order valence-corrected chi connectivity index (χ0v) is 20.8. The van der Waals surface area contributed by atoms with Gasteiger partial charge in [-0.3, -0.25) is 19.3 Å². The van der Waals surface area contributed by atoms with Crippen LogP contribution >= 0.6 is 0 Å². The monoisotopic (exact) mass is 514 g/mol. The highest BCUT2D eigenvalue weighted by Crippen LogP contribution is 2.24. The van der Waals surface area contributed by atoms with E-state index in [4.69, 9.17) is 5.73 Å². The van der Waals surface area contributed by atoms with Gasteiger partial charge >= 0.3 is 0 Å². The van der Waals surface area contributed by atoms with Gasteiger partial charge in [-0.1, -0.05) is 36.3 Å². The molecular weight excluding hydrogens is 492 g/mol. The average molecular weight is 515 g/mol. The minimum atomic E-state index is -0.576. The average Bonchev–Trinajstić information content (AvgIpc) is 3.59. The van der Waals surface area contributed by atoms with E-state index in [0.717, 1.165) is 0 Å². The standard InChI is InChI=1S/C29H22N8O2/c1-18(33-28(38)25-26(30)35-36-16-6-14-31-27(25)36)23-17-20-8-5-7-19(11-12-21-13-15-32-34-21)24(20)29(39)37(23)22-9-3-2-4-10-22/h2-10,13-18H,1H3,(H2,30,35)(H,32,34)(H,33,38)/t18-/m0/s1. The molecular formula is C29H22N8O2. The van der Waals surface area contributed by atoms with Crippen LogP contribution in [0.1, 0.15) is 40.3 Å². The zero-order chi connectivity index (χ0) is 26.9. The third-order valence-corrected chi connectivity index (χ3v) is 6.36. The van der Waals surface area contributed by atoms with Gasteiger partial charge in [-0.05, 0) is 54.6 Å². The number of rotatable bonds is 4. The molecule has 4 heterocycles. The summed E-state index contributed by atoms with van der Waals surface area (Å²) in [5.74, 6) is 5.74. The summed E-state index contributed by atoms with van der Waals surface area (Å²) in [6.45, 7) is 1.81. The second-order valence-electron chi connectivity index (χ2n) is 8.88. The molecule has 10 nitrogen and oxygen atoms in total. The van der Waals surface area contributed by atoms with Crippen LogP contribution in [0.4, 0.5) is 5.82 Å². The van der Waals surface area contributed by atoms with Crippen molar-refractivity contribution in [3.05, 3.63) is 118 Å². The number of hydrogen-bond donors (Lipinski definition) is 3. The highest BCUT2D eigenvalue weighted by atomic mass is 16.2. The first-order valence-electron chi connectivity index (χ1n) is 12.2. The lowest BCUT2D eigenvalue weighted by Gasteiger charge is -2.21. The molecule has 0 aliphatic rings. The zero-order valence-electron chi connectivity index (χ0n) is 20.8. The number of hydrogen-bond acceptors (Lipinski definition) is 6. The molecule has 0 spiro atoms. The predicted octanol–water partition coefficient (Wildman–Crippen LogP) is 3.23. The Labute approximate surface area is 222 Å². The maximum absolute atomic E-state index is 14.1. The minimum Gasteiger partial charge on any atom is -0.381 e. The molecule has 6 aromatic rings. The van der Waals surface area contributed by atoms with Crippen molar-refractivity contribution < 1.29 is 4.79 Å². The summed E-state index contributed by atoms with van der Waals surface area (Å²) in [6.07, 6.45) is 4.86. The number of nitrogen functional groups attached to an aromatic ring is 1. The molecule has 190 valence electrons. The number of aromatic amines is 1. The number of carbonyl (C=O) groups excluding carboxylic acids is 1. The number of benzene rings is 2. The largest absolute Gasteiger partial charge is 0.381 e. The van der Waals surface area contributed by atoms with Crippen molar-refractivity contribution in [1.29, 1.82) is 0 Å². The lowest BCUT2D eigenvalue weighted by Crippen LogP contribution is -2.32. The molecule has 0 unspecified atom stereocenters. The van der Waals surface area contributed by atoms with Crippen molar-refractivity contribution in [3.63, 3.8) is 0 Å².